The molecule has 1 aromatic carbocycles. The van der Waals surface area contributed by atoms with E-state index in [9.17, 15) is 14.3 Å². The fraction of sp³-hybridized carbons (Fsp3) is 0.364. The zero-order chi connectivity index (χ0) is 12.8. The van der Waals surface area contributed by atoms with Crippen LogP contribution in [0.4, 0.5) is 4.39 Å². The van der Waals surface area contributed by atoms with E-state index in [1.807, 2.05) is 0 Å². The van der Waals surface area contributed by atoms with Crippen molar-refractivity contribution < 1.29 is 19.4 Å². The van der Waals surface area contributed by atoms with Gasteiger partial charge in [0.2, 0.25) is 0 Å². The van der Waals surface area contributed by atoms with Gasteiger partial charge in [-0.3, -0.25) is 4.79 Å². The van der Waals surface area contributed by atoms with E-state index in [0.717, 1.165) is 5.56 Å². The number of benzene rings is 1. The van der Waals surface area contributed by atoms with Crippen molar-refractivity contribution in [2.24, 2.45) is 0 Å². The molecule has 1 unspecified atom stereocenters. The van der Waals surface area contributed by atoms with Gasteiger partial charge in [-0.15, -0.1) is 0 Å². The van der Waals surface area contributed by atoms with Crippen molar-refractivity contribution >= 4 is 17.6 Å². The molecule has 0 aliphatic heterocycles. The average Bonchev–Trinajstić information content (AvgIpc) is 2.22. The maximum atomic E-state index is 12.8. The molecule has 0 aliphatic carbocycles. The molecule has 0 saturated carbocycles. The number of aliphatic hydroxyl groups excluding tert-OH is 1. The van der Waals surface area contributed by atoms with Gasteiger partial charge in [0.25, 0.3) is 0 Å². The van der Waals surface area contributed by atoms with Gasteiger partial charge in [0, 0.05) is 13.1 Å². The molecule has 1 atom stereocenters. The normalized spacial score (nSPS) is 12.4. The molecule has 1 aromatic rings. The van der Waals surface area contributed by atoms with Gasteiger partial charge < -0.3 is 15.5 Å². The Morgan fingerprint density at radius 2 is 2.24 bits per heavy atom. The van der Waals surface area contributed by atoms with Crippen LogP contribution < -0.4 is 5.32 Å². The van der Waals surface area contributed by atoms with Crippen LogP contribution in [-0.4, -0.2) is 28.8 Å². The zero-order valence-electron chi connectivity index (χ0n) is 8.99. The van der Waals surface area contributed by atoms with Crippen molar-refractivity contribution in [1.29, 1.82) is 0 Å². The summed E-state index contributed by atoms with van der Waals surface area (Å²) in [4.78, 5) is 10.3. The highest BCUT2D eigenvalue weighted by Crippen LogP contribution is 2.15. The summed E-state index contributed by atoms with van der Waals surface area (Å²) in [5.74, 6) is -1.54. The van der Waals surface area contributed by atoms with Gasteiger partial charge in [-0.05, 0) is 17.7 Å². The van der Waals surface area contributed by atoms with Gasteiger partial charge in [0.15, 0.2) is 0 Å². The number of rotatable bonds is 6. The van der Waals surface area contributed by atoms with Crippen LogP contribution in [0.5, 0.6) is 0 Å². The Bertz CT molecular complexity index is 400. The van der Waals surface area contributed by atoms with Crippen LogP contribution in [0.15, 0.2) is 18.2 Å². The Hall–Kier alpha value is -1.17. The summed E-state index contributed by atoms with van der Waals surface area (Å²) in [6.07, 6.45) is -1.25. The lowest BCUT2D eigenvalue weighted by molar-refractivity contribution is -0.139. The molecule has 94 valence electrons. The molecule has 0 fully saturated rings. The number of nitrogens with one attached hydrogen (secondary N) is 1. The van der Waals surface area contributed by atoms with Crippen molar-refractivity contribution in [3.63, 3.8) is 0 Å². The highest BCUT2D eigenvalue weighted by Gasteiger charge is 2.08. The van der Waals surface area contributed by atoms with Crippen LogP contribution in [-0.2, 0) is 11.3 Å². The number of hydrogen-bond acceptors (Lipinski definition) is 3. The Kier molecular flexibility index (Phi) is 5.34. The number of aliphatic hydroxyl groups is 1. The molecule has 3 N–H and O–H groups in total. The molecule has 0 heterocycles. The summed E-state index contributed by atoms with van der Waals surface area (Å²) in [6.45, 7) is 0.540. The number of carboxylic acid groups (broad SMARTS) is 1. The van der Waals surface area contributed by atoms with E-state index in [-0.39, 0.29) is 18.0 Å². The minimum absolute atomic E-state index is 0.0374. The molecule has 0 aliphatic rings. The lowest BCUT2D eigenvalue weighted by Crippen LogP contribution is -2.28. The molecular formula is C11H13ClFNO3. The predicted octanol–water partition coefficient (Wildman–Crippen LogP) is 1.40. The Morgan fingerprint density at radius 3 is 2.82 bits per heavy atom. The SMILES string of the molecule is O=C(O)CC(O)CNCc1ccc(F)c(Cl)c1. The molecule has 1 rings (SSSR count). The number of aliphatic carboxylic acids is 1. The summed E-state index contributed by atoms with van der Waals surface area (Å²) < 4.78 is 12.8. The Morgan fingerprint density at radius 1 is 1.53 bits per heavy atom. The first-order valence-corrected chi connectivity index (χ1v) is 5.41. The molecule has 0 saturated heterocycles. The molecule has 0 radical (unpaired) electrons. The van der Waals surface area contributed by atoms with Gasteiger partial charge in [0.05, 0.1) is 17.5 Å². The van der Waals surface area contributed by atoms with Crippen LogP contribution >= 0.6 is 11.6 Å². The molecule has 17 heavy (non-hydrogen) atoms. The third-order valence-corrected chi connectivity index (χ3v) is 2.39. The van der Waals surface area contributed by atoms with Gasteiger partial charge >= 0.3 is 5.97 Å². The van der Waals surface area contributed by atoms with Crippen molar-refractivity contribution in [2.45, 2.75) is 19.1 Å². The third kappa shape index (κ3) is 5.12. The van der Waals surface area contributed by atoms with E-state index in [1.54, 1.807) is 6.07 Å². The van der Waals surface area contributed by atoms with E-state index in [1.165, 1.54) is 12.1 Å². The monoisotopic (exact) mass is 261 g/mol. The maximum Gasteiger partial charge on any atom is 0.306 e. The second-order valence-electron chi connectivity index (χ2n) is 3.63. The first-order valence-electron chi connectivity index (χ1n) is 5.03. The van der Waals surface area contributed by atoms with E-state index in [0.29, 0.717) is 6.54 Å². The van der Waals surface area contributed by atoms with E-state index < -0.39 is 17.9 Å². The summed E-state index contributed by atoms with van der Waals surface area (Å²) in [7, 11) is 0. The van der Waals surface area contributed by atoms with Gasteiger partial charge in [-0.2, -0.15) is 0 Å². The Balaban J connectivity index is 2.35. The maximum absolute atomic E-state index is 12.8. The molecule has 0 aromatic heterocycles. The van der Waals surface area contributed by atoms with Crippen LogP contribution in [0.2, 0.25) is 5.02 Å². The topological polar surface area (TPSA) is 69.6 Å². The van der Waals surface area contributed by atoms with E-state index in [2.05, 4.69) is 5.32 Å². The van der Waals surface area contributed by atoms with Gasteiger partial charge in [0.1, 0.15) is 5.82 Å². The molecule has 0 amide bonds. The van der Waals surface area contributed by atoms with Crippen LogP contribution in [0.3, 0.4) is 0 Å². The van der Waals surface area contributed by atoms with Crippen LogP contribution in [0.25, 0.3) is 0 Å². The van der Waals surface area contributed by atoms with Crippen molar-refractivity contribution in [3.8, 4) is 0 Å². The largest absolute Gasteiger partial charge is 0.481 e. The lowest BCUT2D eigenvalue weighted by atomic mass is 10.2. The summed E-state index contributed by atoms with van der Waals surface area (Å²) in [5, 5.41) is 20.6. The standard InChI is InChI=1S/C11H13ClFNO3/c12-9-3-7(1-2-10(9)13)5-14-6-8(15)4-11(16)17/h1-3,8,14-15H,4-6H2,(H,16,17). The van der Waals surface area contributed by atoms with Crippen molar-refractivity contribution in [1.82, 2.24) is 5.32 Å². The first kappa shape index (κ1) is 13.9. The number of hydrogen-bond donors (Lipinski definition) is 3. The fourth-order valence-electron chi connectivity index (χ4n) is 1.31. The van der Waals surface area contributed by atoms with Crippen molar-refractivity contribution in [3.05, 3.63) is 34.6 Å². The molecular weight excluding hydrogens is 249 g/mol. The van der Waals surface area contributed by atoms with E-state index >= 15 is 0 Å². The summed E-state index contributed by atoms with van der Waals surface area (Å²) in [5.41, 5.74) is 0.763. The molecule has 6 heteroatoms. The minimum Gasteiger partial charge on any atom is -0.481 e. The molecule has 4 nitrogen and oxygen atoms in total. The number of carbonyl (C=O) groups is 1. The number of halogens is 2. The lowest BCUT2D eigenvalue weighted by Gasteiger charge is -2.09. The van der Waals surface area contributed by atoms with Gasteiger partial charge in [-0.1, -0.05) is 17.7 Å². The van der Waals surface area contributed by atoms with Crippen molar-refractivity contribution in [2.75, 3.05) is 6.54 Å². The Labute approximate surface area is 103 Å². The zero-order valence-corrected chi connectivity index (χ0v) is 9.75. The van der Waals surface area contributed by atoms with E-state index in [4.69, 9.17) is 16.7 Å². The average molecular weight is 262 g/mol. The molecule has 0 spiro atoms. The highest BCUT2D eigenvalue weighted by molar-refractivity contribution is 6.30. The first-order chi connectivity index (χ1) is 7.99. The molecule has 0 bridgehead atoms. The number of carboxylic acids is 1. The minimum atomic E-state index is -1.05. The highest BCUT2D eigenvalue weighted by atomic mass is 35.5. The summed E-state index contributed by atoms with van der Waals surface area (Å²) in [6, 6.07) is 4.30. The van der Waals surface area contributed by atoms with Gasteiger partial charge in [-0.25, -0.2) is 4.39 Å². The van der Waals surface area contributed by atoms with Crippen LogP contribution in [0.1, 0.15) is 12.0 Å². The smallest absolute Gasteiger partial charge is 0.306 e. The predicted molar refractivity (Wildman–Crippen MR) is 61.4 cm³/mol. The third-order valence-electron chi connectivity index (χ3n) is 2.10. The quantitative estimate of drug-likeness (QED) is 0.724. The second-order valence-corrected chi connectivity index (χ2v) is 4.04. The second kappa shape index (κ2) is 6.54. The fourth-order valence-corrected chi connectivity index (χ4v) is 1.51. The van der Waals surface area contributed by atoms with Crippen LogP contribution in [0, 0.1) is 5.82 Å². The summed E-state index contributed by atoms with van der Waals surface area (Å²) >= 11 is 5.59.